The molecular weight excluding hydrogens is 320 g/mol. The van der Waals surface area contributed by atoms with Crippen molar-refractivity contribution in [1.29, 1.82) is 0 Å². The summed E-state index contributed by atoms with van der Waals surface area (Å²) in [6, 6.07) is 14.6. The third-order valence-corrected chi connectivity index (χ3v) is 5.84. The number of hydrogen-bond acceptors (Lipinski definition) is 3. The molecule has 0 aliphatic carbocycles. The number of benzene rings is 1. The summed E-state index contributed by atoms with van der Waals surface area (Å²) in [5.74, 6) is 0.186. The molecule has 1 aromatic carbocycles. The molecule has 128 valence electrons. The van der Waals surface area contributed by atoms with Crippen LogP contribution in [-0.2, 0) is 16.4 Å². The summed E-state index contributed by atoms with van der Waals surface area (Å²) in [6.07, 6.45) is 3.98. The van der Waals surface area contributed by atoms with Crippen molar-refractivity contribution in [1.82, 2.24) is 9.29 Å². The first kappa shape index (κ1) is 17.1. The van der Waals surface area contributed by atoms with Crippen LogP contribution in [0.15, 0.2) is 42.5 Å². The normalized spacial score (nSPS) is 19.3. The molecule has 1 atom stereocenters. The van der Waals surface area contributed by atoms with Crippen molar-refractivity contribution in [3.05, 3.63) is 65.0 Å². The maximum atomic E-state index is 11.8. The lowest BCUT2D eigenvalue weighted by atomic mass is 9.95. The van der Waals surface area contributed by atoms with Crippen LogP contribution in [0.1, 0.15) is 41.3 Å². The summed E-state index contributed by atoms with van der Waals surface area (Å²) in [5.41, 5.74) is 4.55. The van der Waals surface area contributed by atoms with Crippen molar-refractivity contribution >= 4 is 10.0 Å². The number of rotatable bonds is 4. The monoisotopic (exact) mass is 344 g/mol. The van der Waals surface area contributed by atoms with Gasteiger partial charge in [-0.1, -0.05) is 35.9 Å². The molecule has 5 heteroatoms. The van der Waals surface area contributed by atoms with Crippen LogP contribution in [0.3, 0.4) is 0 Å². The van der Waals surface area contributed by atoms with E-state index >= 15 is 0 Å². The van der Waals surface area contributed by atoms with Crippen LogP contribution in [0.2, 0.25) is 0 Å². The summed E-state index contributed by atoms with van der Waals surface area (Å²) in [6.45, 7) is 3.26. The molecule has 4 nitrogen and oxygen atoms in total. The van der Waals surface area contributed by atoms with Gasteiger partial charge in [-0.25, -0.2) is 12.7 Å². The summed E-state index contributed by atoms with van der Waals surface area (Å²) in [7, 11) is -3.12. The fraction of sp³-hybridized carbons (Fsp3) is 0.421. The van der Waals surface area contributed by atoms with Crippen molar-refractivity contribution in [2.45, 2.75) is 32.1 Å². The summed E-state index contributed by atoms with van der Waals surface area (Å²) >= 11 is 0. The van der Waals surface area contributed by atoms with Gasteiger partial charge in [0.1, 0.15) is 0 Å². The van der Waals surface area contributed by atoms with E-state index in [1.54, 1.807) is 4.31 Å². The van der Waals surface area contributed by atoms with Gasteiger partial charge in [-0.3, -0.25) is 4.98 Å². The van der Waals surface area contributed by atoms with E-state index in [-0.39, 0.29) is 5.92 Å². The Labute approximate surface area is 144 Å². The highest BCUT2D eigenvalue weighted by Crippen LogP contribution is 2.27. The molecule has 3 rings (SSSR count). The van der Waals surface area contributed by atoms with Crippen LogP contribution in [0.25, 0.3) is 0 Å². The maximum absolute atomic E-state index is 11.8. The number of piperidine rings is 1. The number of sulfonamides is 1. The van der Waals surface area contributed by atoms with Gasteiger partial charge in [0.15, 0.2) is 0 Å². The molecular formula is C19H24N2O2S. The second-order valence-corrected chi connectivity index (χ2v) is 8.66. The molecule has 0 saturated carbocycles. The minimum absolute atomic E-state index is 0.186. The average Bonchev–Trinajstić information content (AvgIpc) is 2.54. The minimum atomic E-state index is -3.12. The van der Waals surface area contributed by atoms with E-state index in [1.165, 1.54) is 17.4 Å². The van der Waals surface area contributed by atoms with Gasteiger partial charge in [0.25, 0.3) is 0 Å². The van der Waals surface area contributed by atoms with Gasteiger partial charge >= 0.3 is 0 Å². The second-order valence-electron chi connectivity index (χ2n) is 6.68. The number of nitrogens with zero attached hydrogens (tertiary/aromatic N) is 2. The highest BCUT2D eigenvalue weighted by molar-refractivity contribution is 7.88. The van der Waals surface area contributed by atoms with E-state index in [0.717, 1.165) is 30.7 Å². The maximum Gasteiger partial charge on any atom is 0.211 e. The van der Waals surface area contributed by atoms with E-state index in [9.17, 15) is 8.42 Å². The molecule has 0 N–H and O–H groups in total. The van der Waals surface area contributed by atoms with Gasteiger partial charge in [-0.05, 0) is 37.5 Å². The number of pyridine rings is 1. The Balaban J connectivity index is 1.77. The standard InChI is InChI=1S/C19H24N2O2S/c1-15-6-3-7-16(12-15)13-18-9-4-10-19(20-18)17-8-5-11-21(14-17)24(2,22)23/h3-4,6-7,9-10,12,17H,5,8,11,13-14H2,1-2H3/t17-/m0/s1. The summed E-state index contributed by atoms with van der Waals surface area (Å²) in [4.78, 5) is 4.82. The Morgan fingerprint density at radius 2 is 2.00 bits per heavy atom. The van der Waals surface area contributed by atoms with Gasteiger partial charge in [-0.15, -0.1) is 0 Å². The molecule has 1 saturated heterocycles. The van der Waals surface area contributed by atoms with Gasteiger partial charge in [0, 0.05) is 36.8 Å². The molecule has 1 fully saturated rings. The molecule has 0 spiro atoms. The molecule has 1 aliphatic heterocycles. The first-order chi connectivity index (χ1) is 11.4. The third-order valence-electron chi connectivity index (χ3n) is 4.57. The van der Waals surface area contributed by atoms with Crippen LogP contribution >= 0.6 is 0 Å². The predicted octanol–water partition coefficient (Wildman–Crippen LogP) is 3.12. The SMILES string of the molecule is Cc1cccc(Cc2cccc([C@H]3CCCN(S(C)(=O)=O)C3)n2)c1. The quantitative estimate of drug-likeness (QED) is 0.856. The fourth-order valence-electron chi connectivity index (χ4n) is 3.34. The van der Waals surface area contributed by atoms with Gasteiger partial charge in [-0.2, -0.15) is 0 Å². The smallest absolute Gasteiger partial charge is 0.211 e. The predicted molar refractivity (Wildman–Crippen MR) is 96.6 cm³/mol. The van der Waals surface area contributed by atoms with Gasteiger partial charge < -0.3 is 0 Å². The van der Waals surface area contributed by atoms with Crippen molar-refractivity contribution in [2.75, 3.05) is 19.3 Å². The van der Waals surface area contributed by atoms with E-state index in [4.69, 9.17) is 4.98 Å². The lowest BCUT2D eigenvalue weighted by Crippen LogP contribution is -2.38. The van der Waals surface area contributed by atoms with Crippen LogP contribution in [0.5, 0.6) is 0 Å². The molecule has 24 heavy (non-hydrogen) atoms. The van der Waals surface area contributed by atoms with Gasteiger partial charge in [0.2, 0.25) is 10.0 Å². The lowest BCUT2D eigenvalue weighted by Gasteiger charge is -2.30. The molecule has 0 amide bonds. The average molecular weight is 344 g/mol. The summed E-state index contributed by atoms with van der Waals surface area (Å²) in [5, 5.41) is 0. The zero-order valence-electron chi connectivity index (χ0n) is 14.3. The Morgan fingerprint density at radius 3 is 2.75 bits per heavy atom. The number of aromatic nitrogens is 1. The topological polar surface area (TPSA) is 50.3 Å². The second kappa shape index (κ2) is 7.03. The first-order valence-corrected chi connectivity index (χ1v) is 10.2. The zero-order valence-corrected chi connectivity index (χ0v) is 15.1. The van der Waals surface area contributed by atoms with Gasteiger partial charge in [0.05, 0.1) is 6.26 Å². The molecule has 1 aromatic heterocycles. The van der Waals surface area contributed by atoms with E-state index < -0.39 is 10.0 Å². The molecule has 2 aromatic rings. The largest absolute Gasteiger partial charge is 0.257 e. The molecule has 1 aliphatic rings. The molecule has 0 unspecified atom stereocenters. The third kappa shape index (κ3) is 4.22. The van der Waals surface area contributed by atoms with E-state index in [0.29, 0.717) is 13.1 Å². The van der Waals surface area contributed by atoms with Crippen molar-refractivity contribution in [2.24, 2.45) is 0 Å². The van der Waals surface area contributed by atoms with Crippen molar-refractivity contribution < 1.29 is 8.42 Å². The Morgan fingerprint density at radius 1 is 1.21 bits per heavy atom. The van der Waals surface area contributed by atoms with Crippen LogP contribution in [0, 0.1) is 6.92 Å². The summed E-state index contributed by atoms with van der Waals surface area (Å²) < 4.78 is 25.2. The zero-order chi connectivity index (χ0) is 17.2. The number of aryl methyl sites for hydroxylation is 1. The first-order valence-electron chi connectivity index (χ1n) is 8.38. The van der Waals surface area contributed by atoms with Crippen LogP contribution in [0.4, 0.5) is 0 Å². The molecule has 0 radical (unpaired) electrons. The van der Waals surface area contributed by atoms with E-state index in [1.807, 2.05) is 18.2 Å². The highest BCUT2D eigenvalue weighted by atomic mass is 32.2. The van der Waals surface area contributed by atoms with Crippen molar-refractivity contribution in [3.63, 3.8) is 0 Å². The molecule has 2 heterocycles. The fourth-order valence-corrected chi connectivity index (χ4v) is 4.25. The van der Waals surface area contributed by atoms with Crippen LogP contribution < -0.4 is 0 Å². The molecule has 0 bridgehead atoms. The van der Waals surface area contributed by atoms with Crippen LogP contribution in [-0.4, -0.2) is 37.1 Å². The van der Waals surface area contributed by atoms with Crippen molar-refractivity contribution in [3.8, 4) is 0 Å². The highest BCUT2D eigenvalue weighted by Gasteiger charge is 2.27. The lowest BCUT2D eigenvalue weighted by molar-refractivity contribution is 0.314. The van der Waals surface area contributed by atoms with E-state index in [2.05, 4.69) is 31.2 Å². The number of hydrogen-bond donors (Lipinski definition) is 0. The Kier molecular flexibility index (Phi) is 5.01. The minimum Gasteiger partial charge on any atom is -0.257 e. The Hall–Kier alpha value is -1.72. The Bertz CT molecular complexity index is 818.